The highest BCUT2D eigenvalue weighted by molar-refractivity contribution is 9.09. The van der Waals surface area contributed by atoms with Gasteiger partial charge in [0.15, 0.2) is 0 Å². The first-order chi connectivity index (χ1) is 7.70. The number of halogens is 2. The molecule has 0 saturated heterocycles. The minimum atomic E-state index is 0.0880. The molecule has 0 saturated carbocycles. The normalized spacial score (nSPS) is 12.7. The van der Waals surface area contributed by atoms with Gasteiger partial charge in [0.05, 0.1) is 4.83 Å². The molecule has 1 aromatic heterocycles. The summed E-state index contributed by atoms with van der Waals surface area (Å²) in [5.41, 5.74) is 1.14. The van der Waals surface area contributed by atoms with Crippen molar-refractivity contribution in [2.75, 3.05) is 0 Å². The summed E-state index contributed by atoms with van der Waals surface area (Å²) >= 11 is 9.47. The molecule has 0 aliphatic rings. The maximum Gasteiger partial charge on any atom is 0.122 e. The Morgan fingerprint density at radius 3 is 2.44 bits per heavy atom. The molecule has 16 heavy (non-hydrogen) atoms. The number of alkyl halides is 1. The summed E-state index contributed by atoms with van der Waals surface area (Å²) in [7, 11) is 0. The van der Waals surface area contributed by atoms with Crippen LogP contribution in [0, 0.1) is 0 Å². The molecular weight excluding hydrogens is 287 g/mol. The highest BCUT2D eigenvalue weighted by Crippen LogP contribution is 2.32. The van der Waals surface area contributed by atoms with Crippen molar-refractivity contribution in [2.24, 2.45) is 0 Å². The third-order valence-electron chi connectivity index (χ3n) is 2.44. The molecule has 1 heterocycles. The summed E-state index contributed by atoms with van der Waals surface area (Å²) in [4.78, 5) is 0.0880. The van der Waals surface area contributed by atoms with Crippen LogP contribution in [-0.2, 0) is 6.42 Å². The van der Waals surface area contributed by atoms with Gasteiger partial charge >= 0.3 is 0 Å². The number of furan rings is 1. The highest BCUT2D eigenvalue weighted by Gasteiger charge is 2.13. The van der Waals surface area contributed by atoms with E-state index in [2.05, 4.69) is 22.9 Å². The topological polar surface area (TPSA) is 13.1 Å². The minimum Gasteiger partial charge on any atom is -0.465 e. The van der Waals surface area contributed by atoms with E-state index in [0.29, 0.717) is 0 Å². The molecule has 1 aromatic carbocycles. The van der Waals surface area contributed by atoms with Crippen molar-refractivity contribution in [3.05, 3.63) is 58.5 Å². The molecular formula is C13H12BrClO. The maximum atomic E-state index is 5.85. The fraction of sp³-hybridized carbons (Fsp3) is 0.231. The Hall–Kier alpha value is -0.730. The number of aryl methyl sites for hydroxylation is 1. The molecule has 0 fully saturated rings. The summed E-state index contributed by atoms with van der Waals surface area (Å²) in [6, 6.07) is 11.8. The second-order valence-electron chi connectivity index (χ2n) is 3.57. The fourth-order valence-electron chi connectivity index (χ4n) is 1.52. The summed E-state index contributed by atoms with van der Waals surface area (Å²) in [6.45, 7) is 2.08. The molecule has 3 heteroatoms. The van der Waals surface area contributed by atoms with Crippen LogP contribution in [-0.4, -0.2) is 0 Å². The van der Waals surface area contributed by atoms with Gasteiger partial charge in [-0.2, -0.15) is 0 Å². The van der Waals surface area contributed by atoms with E-state index in [9.17, 15) is 0 Å². The van der Waals surface area contributed by atoms with Crippen LogP contribution in [0.4, 0.5) is 0 Å². The zero-order valence-electron chi connectivity index (χ0n) is 8.91. The van der Waals surface area contributed by atoms with Gasteiger partial charge in [-0.15, -0.1) is 0 Å². The summed E-state index contributed by atoms with van der Waals surface area (Å²) in [5, 5.41) is 0.747. The molecule has 0 aliphatic heterocycles. The Balaban J connectivity index is 2.24. The predicted octanol–water partition coefficient (Wildman–Crippen LogP) is 4.98. The molecule has 1 unspecified atom stereocenters. The summed E-state index contributed by atoms with van der Waals surface area (Å²) in [5.74, 6) is 1.94. The predicted molar refractivity (Wildman–Crippen MR) is 70.3 cm³/mol. The minimum absolute atomic E-state index is 0.0880. The Morgan fingerprint density at radius 2 is 1.88 bits per heavy atom. The fourth-order valence-corrected chi connectivity index (χ4v) is 2.19. The first-order valence-electron chi connectivity index (χ1n) is 5.19. The van der Waals surface area contributed by atoms with E-state index in [4.69, 9.17) is 16.0 Å². The number of rotatable bonds is 3. The quantitative estimate of drug-likeness (QED) is 0.729. The summed E-state index contributed by atoms with van der Waals surface area (Å²) < 4.78 is 5.70. The second-order valence-corrected chi connectivity index (χ2v) is 4.92. The molecule has 0 bridgehead atoms. The van der Waals surface area contributed by atoms with Crippen LogP contribution in [0.15, 0.2) is 40.8 Å². The average Bonchev–Trinajstić information content (AvgIpc) is 2.77. The number of hydrogen-bond donors (Lipinski definition) is 0. The van der Waals surface area contributed by atoms with Crippen molar-refractivity contribution >= 4 is 27.5 Å². The van der Waals surface area contributed by atoms with Gasteiger partial charge in [-0.05, 0) is 29.8 Å². The van der Waals surface area contributed by atoms with Crippen LogP contribution in [0.1, 0.15) is 28.8 Å². The van der Waals surface area contributed by atoms with Gasteiger partial charge in [-0.3, -0.25) is 0 Å². The van der Waals surface area contributed by atoms with E-state index in [1.54, 1.807) is 0 Å². The standard InChI is InChI=1S/C13H12BrClO/c1-2-11-7-8-12(16-11)13(14)9-3-5-10(15)6-4-9/h3-8,13H,2H2,1H3. The smallest absolute Gasteiger partial charge is 0.122 e. The van der Waals surface area contributed by atoms with Crippen LogP contribution in [0.3, 0.4) is 0 Å². The molecule has 0 spiro atoms. The third kappa shape index (κ3) is 2.50. The van der Waals surface area contributed by atoms with Crippen molar-refractivity contribution in [3.63, 3.8) is 0 Å². The van der Waals surface area contributed by atoms with E-state index in [1.165, 1.54) is 0 Å². The van der Waals surface area contributed by atoms with Gasteiger partial charge in [0.2, 0.25) is 0 Å². The largest absolute Gasteiger partial charge is 0.465 e. The average molecular weight is 300 g/mol. The highest BCUT2D eigenvalue weighted by atomic mass is 79.9. The Bertz CT molecular complexity index is 461. The second kappa shape index (κ2) is 5.07. The zero-order valence-corrected chi connectivity index (χ0v) is 11.3. The van der Waals surface area contributed by atoms with Gasteiger partial charge in [-0.1, -0.05) is 46.6 Å². The molecule has 0 aliphatic carbocycles. The van der Waals surface area contributed by atoms with E-state index >= 15 is 0 Å². The first-order valence-corrected chi connectivity index (χ1v) is 6.48. The van der Waals surface area contributed by atoms with Gasteiger partial charge in [0, 0.05) is 11.4 Å². The summed E-state index contributed by atoms with van der Waals surface area (Å²) in [6.07, 6.45) is 0.917. The molecule has 2 aromatic rings. The van der Waals surface area contributed by atoms with Gasteiger partial charge in [-0.25, -0.2) is 0 Å². The van der Waals surface area contributed by atoms with Crippen LogP contribution in [0.25, 0.3) is 0 Å². The molecule has 84 valence electrons. The molecule has 0 N–H and O–H groups in total. The van der Waals surface area contributed by atoms with Crippen molar-refractivity contribution in [1.82, 2.24) is 0 Å². The number of benzene rings is 1. The molecule has 1 atom stereocenters. The van der Waals surface area contributed by atoms with Crippen molar-refractivity contribution in [2.45, 2.75) is 18.2 Å². The lowest BCUT2D eigenvalue weighted by molar-refractivity contribution is 0.477. The maximum absolute atomic E-state index is 5.85. The van der Waals surface area contributed by atoms with E-state index in [-0.39, 0.29) is 4.83 Å². The van der Waals surface area contributed by atoms with E-state index in [0.717, 1.165) is 28.5 Å². The lowest BCUT2D eigenvalue weighted by atomic mass is 10.1. The van der Waals surface area contributed by atoms with Crippen LogP contribution in [0.5, 0.6) is 0 Å². The van der Waals surface area contributed by atoms with Crippen LogP contribution < -0.4 is 0 Å². The molecule has 1 nitrogen and oxygen atoms in total. The van der Waals surface area contributed by atoms with Crippen LogP contribution >= 0.6 is 27.5 Å². The lowest BCUT2D eigenvalue weighted by Crippen LogP contribution is -1.89. The van der Waals surface area contributed by atoms with Gasteiger partial charge in [0.1, 0.15) is 11.5 Å². The van der Waals surface area contributed by atoms with E-state index in [1.807, 2.05) is 36.4 Å². The number of hydrogen-bond acceptors (Lipinski definition) is 1. The zero-order chi connectivity index (χ0) is 11.5. The first kappa shape index (κ1) is 11.7. The SMILES string of the molecule is CCc1ccc(C(Br)c2ccc(Cl)cc2)o1. The third-order valence-corrected chi connectivity index (χ3v) is 3.68. The Kier molecular flexibility index (Phi) is 3.72. The van der Waals surface area contributed by atoms with Crippen molar-refractivity contribution in [3.8, 4) is 0 Å². The van der Waals surface area contributed by atoms with Crippen molar-refractivity contribution < 1.29 is 4.42 Å². The molecule has 0 amide bonds. The van der Waals surface area contributed by atoms with Crippen LogP contribution in [0.2, 0.25) is 5.02 Å². The molecule has 0 radical (unpaired) electrons. The monoisotopic (exact) mass is 298 g/mol. The lowest BCUT2D eigenvalue weighted by Gasteiger charge is -2.07. The molecule has 2 rings (SSSR count). The van der Waals surface area contributed by atoms with Crippen molar-refractivity contribution in [1.29, 1.82) is 0 Å². The van der Waals surface area contributed by atoms with E-state index < -0.39 is 0 Å². The van der Waals surface area contributed by atoms with Gasteiger partial charge in [0.25, 0.3) is 0 Å². The Labute approximate surface area is 109 Å². The Morgan fingerprint density at radius 1 is 1.19 bits per heavy atom. The van der Waals surface area contributed by atoms with Gasteiger partial charge < -0.3 is 4.42 Å².